The number of rotatable bonds is 3. The summed E-state index contributed by atoms with van der Waals surface area (Å²) >= 11 is 0. The highest BCUT2D eigenvalue weighted by Gasteiger charge is 2.48. The summed E-state index contributed by atoms with van der Waals surface area (Å²) in [5.74, 6) is 0.690. The van der Waals surface area contributed by atoms with Crippen LogP contribution in [-0.2, 0) is 0 Å². The van der Waals surface area contributed by atoms with Gasteiger partial charge in [0.2, 0.25) is 0 Å². The highest BCUT2D eigenvalue weighted by Crippen LogP contribution is 2.57. The van der Waals surface area contributed by atoms with E-state index in [1.54, 1.807) is 0 Å². The topological polar surface area (TPSA) is 0 Å². The maximum Gasteiger partial charge on any atom is -0.00528 e. The molecule has 0 aromatic heterocycles. The first kappa shape index (κ1) is 10.2. The molecule has 0 radical (unpaired) electrons. The minimum atomic E-state index is 0.366. The molecule has 15 heavy (non-hydrogen) atoms. The van der Waals surface area contributed by atoms with E-state index in [1.807, 2.05) is 6.07 Å². The Kier molecular flexibility index (Phi) is 2.52. The fourth-order valence-corrected chi connectivity index (χ4v) is 1.96. The molecule has 0 nitrogen and oxygen atoms in total. The molecule has 0 aliphatic heterocycles. The largest absolute Gasteiger partial charge is 0.0996 e. The fourth-order valence-electron chi connectivity index (χ4n) is 1.96. The number of hydrogen-bond donors (Lipinski definition) is 0. The molecule has 0 N–H and O–H groups in total. The van der Waals surface area contributed by atoms with E-state index in [9.17, 15) is 0 Å². The van der Waals surface area contributed by atoms with Crippen LogP contribution in [-0.4, -0.2) is 0 Å². The average molecular weight is 198 g/mol. The van der Waals surface area contributed by atoms with Crippen molar-refractivity contribution in [1.29, 1.82) is 0 Å². The van der Waals surface area contributed by atoms with E-state index in [0.29, 0.717) is 11.3 Å². The predicted octanol–water partition coefficient (Wildman–Crippen LogP) is 4.30. The van der Waals surface area contributed by atoms with Gasteiger partial charge in [0, 0.05) is 0 Å². The van der Waals surface area contributed by atoms with Gasteiger partial charge in [0.25, 0.3) is 0 Å². The van der Waals surface area contributed by atoms with E-state index in [-0.39, 0.29) is 0 Å². The fraction of sp³-hybridized carbons (Fsp3) is 0.333. The van der Waals surface area contributed by atoms with Crippen molar-refractivity contribution in [1.82, 2.24) is 0 Å². The molecule has 1 aromatic rings. The molecule has 0 bridgehead atoms. The minimum absolute atomic E-state index is 0.366. The Hall–Kier alpha value is -1.30. The molecular formula is C15H18. The van der Waals surface area contributed by atoms with Crippen molar-refractivity contribution in [3.05, 3.63) is 54.1 Å². The van der Waals surface area contributed by atoms with Crippen LogP contribution >= 0.6 is 0 Å². The molecule has 1 fully saturated rings. The van der Waals surface area contributed by atoms with E-state index in [1.165, 1.54) is 17.6 Å². The second kappa shape index (κ2) is 3.69. The maximum absolute atomic E-state index is 4.06. The molecular weight excluding hydrogens is 180 g/mol. The summed E-state index contributed by atoms with van der Waals surface area (Å²) in [5.41, 5.74) is 2.96. The van der Waals surface area contributed by atoms with E-state index in [2.05, 4.69) is 56.8 Å². The zero-order chi connectivity index (χ0) is 10.9. The quantitative estimate of drug-likeness (QED) is 0.635. The zero-order valence-corrected chi connectivity index (χ0v) is 9.53. The third-order valence-corrected chi connectivity index (χ3v) is 3.60. The van der Waals surface area contributed by atoms with Gasteiger partial charge in [-0.15, -0.1) is 0 Å². The Bertz CT molecular complexity index is 386. The van der Waals surface area contributed by atoms with E-state index < -0.39 is 0 Å². The lowest BCUT2D eigenvalue weighted by Gasteiger charge is -2.07. The SMILES string of the molecule is C=C(C)[C@]1(C)C[C@@H]1/C=C/c1ccccc1. The van der Waals surface area contributed by atoms with Crippen LogP contribution in [0, 0.1) is 11.3 Å². The smallest absolute Gasteiger partial charge is 0.00528 e. The van der Waals surface area contributed by atoms with Crippen LogP contribution < -0.4 is 0 Å². The molecule has 1 aromatic carbocycles. The molecule has 0 spiro atoms. The van der Waals surface area contributed by atoms with Gasteiger partial charge in [0.1, 0.15) is 0 Å². The summed E-state index contributed by atoms with van der Waals surface area (Å²) in [6.45, 7) is 8.50. The summed E-state index contributed by atoms with van der Waals surface area (Å²) in [6, 6.07) is 10.5. The standard InChI is InChI=1S/C15H18/c1-12(2)15(3)11-14(15)10-9-13-7-5-4-6-8-13/h4-10,14H,1,11H2,2-3H3/b10-9+/t14-,15-/m0/s1. The molecule has 1 aliphatic carbocycles. The van der Waals surface area contributed by atoms with Gasteiger partial charge >= 0.3 is 0 Å². The Morgan fingerprint density at radius 2 is 2.07 bits per heavy atom. The van der Waals surface area contributed by atoms with Gasteiger partial charge in [0.15, 0.2) is 0 Å². The van der Waals surface area contributed by atoms with Gasteiger partial charge in [-0.25, -0.2) is 0 Å². The summed E-state index contributed by atoms with van der Waals surface area (Å²) in [5, 5.41) is 0. The molecule has 0 unspecified atom stereocenters. The summed E-state index contributed by atoms with van der Waals surface area (Å²) in [6.07, 6.45) is 5.80. The third kappa shape index (κ3) is 2.04. The van der Waals surface area contributed by atoms with Gasteiger partial charge < -0.3 is 0 Å². The number of allylic oxidation sites excluding steroid dienone is 2. The van der Waals surface area contributed by atoms with E-state index in [4.69, 9.17) is 0 Å². The Labute approximate surface area is 92.3 Å². The number of hydrogen-bond acceptors (Lipinski definition) is 0. The van der Waals surface area contributed by atoms with Crippen LogP contribution in [0.2, 0.25) is 0 Å². The van der Waals surface area contributed by atoms with E-state index >= 15 is 0 Å². The molecule has 0 heterocycles. The lowest BCUT2D eigenvalue weighted by Crippen LogP contribution is -1.96. The van der Waals surface area contributed by atoms with Crippen LogP contribution in [0.3, 0.4) is 0 Å². The van der Waals surface area contributed by atoms with Crippen molar-refractivity contribution in [2.75, 3.05) is 0 Å². The van der Waals surface area contributed by atoms with Crippen LogP contribution in [0.5, 0.6) is 0 Å². The maximum atomic E-state index is 4.06. The summed E-state index contributed by atoms with van der Waals surface area (Å²) in [7, 11) is 0. The molecule has 78 valence electrons. The Morgan fingerprint density at radius 1 is 1.40 bits per heavy atom. The monoisotopic (exact) mass is 198 g/mol. The van der Waals surface area contributed by atoms with Crippen molar-refractivity contribution in [2.24, 2.45) is 11.3 Å². The first-order valence-corrected chi connectivity index (χ1v) is 5.52. The summed E-state index contributed by atoms with van der Waals surface area (Å²) in [4.78, 5) is 0. The van der Waals surface area contributed by atoms with Gasteiger partial charge in [-0.05, 0) is 30.2 Å². The van der Waals surface area contributed by atoms with Crippen LogP contribution in [0.15, 0.2) is 48.6 Å². The Morgan fingerprint density at radius 3 is 2.60 bits per heavy atom. The molecule has 0 saturated heterocycles. The molecule has 0 amide bonds. The van der Waals surface area contributed by atoms with Gasteiger partial charge in [-0.1, -0.05) is 61.6 Å². The highest BCUT2D eigenvalue weighted by molar-refractivity contribution is 5.50. The van der Waals surface area contributed by atoms with Gasteiger partial charge in [-0.3, -0.25) is 0 Å². The third-order valence-electron chi connectivity index (χ3n) is 3.60. The summed E-state index contributed by atoms with van der Waals surface area (Å²) < 4.78 is 0. The van der Waals surface area contributed by atoms with Crippen molar-refractivity contribution < 1.29 is 0 Å². The van der Waals surface area contributed by atoms with Gasteiger partial charge in [0.05, 0.1) is 0 Å². The zero-order valence-electron chi connectivity index (χ0n) is 9.53. The Balaban J connectivity index is 2.01. The predicted molar refractivity (Wildman–Crippen MR) is 66.5 cm³/mol. The van der Waals surface area contributed by atoms with E-state index in [0.717, 1.165) is 0 Å². The second-order valence-electron chi connectivity index (χ2n) is 4.78. The lowest BCUT2D eigenvalue weighted by molar-refractivity contribution is 0.649. The van der Waals surface area contributed by atoms with Gasteiger partial charge in [-0.2, -0.15) is 0 Å². The van der Waals surface area contributed by atoms with Crippen molar-refractivity contribution in [2.45, 2.75) is 20.3 Å². The normalized spacial score (nSPS) is 29.3. The average Bonchev–Trinajstić information content (AvgIpc) is 2.90. The first-order chi connectivity index (χ1) is 7.13. The second-order valence-corrected chi connectivity index (χ2v) is 4.78. The van der Waals surface area contributed by atoms with Crippen molar-refractivity contribution in [3.63, 3.8) is 0 Å². The molecule has 2 atom stereocenters. The van der Waals surface area contributed by atoms with Crippen molar-refractivity contribution in [3.8, 4) is 0 Å². The molecule has 1 saturated carbocycles. The molecule has 0 heteroatoms. The highest BCUT2D eigenvalue weighted by atomic mass is 14.5. The molecule has 2 rings (SSSR count). The van der Waals surface area contributed by atoms with Crippen LogP contribution in [0.1, 0.15) is 25.8 Å². The van der Waals surface area contributed by atoms with Crippen LogP contribution in [0.4, 0.5) is 0 Å². The molecule has 1 aliphatic rings. The number of benzene rings is 1. The first-order valence-electron chi connectivity index (χ1n) is 5.52. The van der Waals surface area contributed by atoms with Crippen LogP contribution in [0.25, 0.3) is 6.08 Å². The lowest BCUT2D eigenvalue weighted by atomic mass is 9.98. The van der Waals surface area contributed by atoms with Crippen molar-refractivity contribution >= 4 is 6.08 Å². The minimum Gasteiger partial charge on any atom is -0.0996 e.